The van der Waals surface area contributed by atoms with Crippen LogP contribution in [0.4, 0.5) is 10.8 Å². The molecule has 1 heterocycles. The molecule has 1 atom stereocenters. The van der Waals surface area contributed by atoms with Crippen LogP contribution in [0, 0.1) is 6.92 Å². The molecule has 0 bridgehead atoms. The smallest absolute Gasteiger partial charge is 0.255 e. The zero-order valence-electron chi connectivity index (χ0n) is 22.0. The van der Waals surface area contributed by atoms with Crippen molar-refractivity contribution in [2.24, 2.45) is 0 Å². The van der Waals surface area contributed by atoms with Crippen LogP contribution in [0.3, 0.4) is 0 Å². The monoisotopic (exact) mass is 565 g/mol. The van der Waals surface area contributed by atoms with Crippen LogP contribution >= 0.6 is 23.1 Å². The molecule has 0 fully saturated rings. The number of anilines is 2. The lowest BCUT2D eigenvalue weighted by Crippen LogP contribution is -2.19. The van der Waals surface area contributed by atoms with E-state index in [2.05, 4.69) is 15.6 Å². The van der Waals surface area contributed by atoms with Crippen LogP contribution in [-0.2, 0) is 4.79 Å². The number of methoxy groups -OCH3 is 1. The first kappa shape index (κ1) is 27.2. The maximum atomic E-state index is 13.5. The highest BCUT2D eigenvalue weighted by molar-refractivity contribution is 8.00. The van der Waals surface area contributed by atoms with Crippen molar-refractivity contribution >= 4 is 45.7 Å². The number of benzene rings is 4. The van der Waals surface area contributed by atoms with Gasteiger partial charge >= 0.3 is 0 Å². The van der Waals surface area contributed by atoms with Gasteiger partial charge in [0.1, 0.15) is 11.0 Å². The van der Waals surface area contributed by atoms with E-state index in [9.17, 15) is 9.59 Å². The number of nitrogens with zero attached hydrogens (tertiary/aromatic N) is 1. The summed E-state index contributed by atoms with van der Waals surface area (Å²) >= 11 is 2.82. The maximum Gasteiger partial charge on any atom is 0.255 e. The molecule has 5 rings (SSSR count). The number of carbonyl (C=O) groups excluding carboxylic acids is 2. The number of hydrogen-bond donors (Lipinski definition) is 2. The standard InChI is InChI=1S/C32H27N3O3S2/c1-21-11-13-23(14-12-21)30(36)33-25-15-17-27(18-16-25)40-29(22-7-4-3-5-8-22)31(37)35-32-34-28(20-39-32)24-9-6-10-26(19-24)38-2/h3-20,29H,1-2H3,(H,33,36)(H,34,35,37). The first-order valence-corrected chi connectivity index (χ1v) is 14.3. The highest BCUT2D eigenvalue weighted by atomic mass is 32.2. The number of hydrogen-bond acceptors (Lipinski definition) is 6. The molecule has 6 nitrogen and oxygen atoms in total. The summed E-state index contributed by atoms with van der Waals surface area (Å²) < 4.78 is 5.32. The lowest BCUT2D eigenvalue weighted by Gasteiger charge is -2.16. The molecule has 0 saturated carbocycles. The third-order valence-corrected chi connectivity index (χ3v) is 8.14. The summed E-state index contributed by atoms with van der Waals surface area (Å²) in [5, 5.41) is 7.86. The van der Waals surface area contributed by atoms with Gasteiger partial charge in [-0.25, -0.2) is 4.98 Å². The molecule has 2 amide bonds. The fourth-order valence-corrected chi connectivity index (χ4v) is 5.73. The third kappa shape index (κ3) is 6.77. The summed E-state index contributed by atoms with van der Waals surface area (Å²) in [5.41, 5.74) is 4.95. The Kier molecular flexibility index (Phi) is 8.59. The SMILES string of the molecule is COc1cccc(-c2csc(NC(=O)C(Sc3ccc(NC(=O)c4ccc(C)cc4)cc3)c3ccccc3)n2)c1. The van der Waals surface area contributed by atoms with Crippen LogP contribution in [0.15, 0.2) is 113 Å². The topological polar surface area (TPSA) is 80.3 Å². The van der Waals surface area contributed by atoms with Gasteiger partial charge in [-0.2, -0.15) is 0 Å². The summed E-state index contributed by atoms with van der Waals surface area (Å²) in [4.78, 5) is 31.6. The van der Waals surface area contributed by atoms with E-state index in [0.29, 0.717) is 16.4 Å². The number of amides is 2. The van der Waals surface area contributed by atoms with Crippen LogP contribution in [0.25, 0.3) is 11.3 Å². The molecule has 0 radical (unpaired) electrons. The molecule has 200 valence electrons. The van der Waals surface area contributed by atoms with Gasteiger partial charge < -0.3 is 15.4 Å². The summed E-state index contributed by atoms with van der Waals surface area (Å²) in [7, 11) is 1.63. The Balaban J connectivity index is 1.29. The zero-order chi connectivity index (χ0) is 27.9. The summed E-state index contributed by atoms with van der Waals surface area (Å²) in [5.74, 6) is 0.413. The second-order valence-corrected chi connectivity index (χ2v) is 11.0. The van der Waals surface area contributed by atoms with E-state index < -0.39 is 5.25 Å². The van der Waals surface area contributed by atoms with Gasteiger partial charge in [0.15, 0.2) is 5.13 Å². The van der Waals surface area contributed by atoms with E-state index in [1.807, 2.05) is 103 Å². The van der Waals surface area contributed by atoms with E-state index in [4.69, 9.17) is 4.74 Å². The Morgan fingerprint density at radius 3 is 2.35 bits per heavy atom. The molecule has 1 aromatic heterocycles. The molecule has 4 aromatic carbocycles. The molecule has 0 saturated heterocycles. The number of aryl methyl sites for hydroxylation is 1. The number of carbonyl (C=O) groups is 2. The van der Waals surface area contributed by atoms with Gasteiger partial charge in [0.2, 0.25) is 5.91 Å². The third-order valence-electron chi connectivity index (χ3n) is 6.12. The van der Waals surface area contributed by atoms with Crippen molar-refractivity contribution < 1.29 is 14.3 Å². The van der Waals surface area contributed by atoms with Crippen LogP contribution in [0.2, 0.25) is 0 Å². The second kappa shape index (κ2) is 12.6. The number of thioether (sulfide) groups is 1. The molecular formula is C32H27N3O3S2. The van der Waals surface area contributed by atoms with E-state index >= 15 is 0 Å². The fourth-order valence-electron chi connectivity index (χ4n) is 3.98. The molecular weight excluding hydrogens is 539 g/mol. The number of ether oxygens (including phenoxy) is 1. The van der Waals surface area contributed by atoms with Gasteiger partial charge in [-0.1, -0.05) is 60.2 Å². The van der Waals surface area contributed by atoms with Crippen molar-refractivity contribution in [1.82, 2.24) is 4.98 Å². The Morgan fingerprint density at radius 1 is 0.875 bits per heavy atom. The normalized spacial score (nSPS) is 11.4. The van der Waals surface area contributed by atoms with Crippen molar-refractivity contribution in [3.8, 4) is 17.0 Å². The number of thiazole rings is 1. The molecule has 5 aromatic rings. The van der Waals surface area contributed by atoms with Gasteiger partial charge in [0.05, 0.1) is 12.8 Å². The molecule has 0 spiro atoms. The van der Waals surface area contributed by atoms with E-state index in [1.54, 1.807) is 19.2 Å². The molecule has 0 aliphatic carbocycles. The van der Waals surface area contributed by atoms with Gasteiger partial charge in [-0.15, -0.1) is 23.1 Å². The van der Waals surface area contributed by atoms with Crippen LogP contribution in [0.1, 0.15) is 26.7 Å². The van der Waals surface area contributed by atoms with Crippen molar-refractivity contribution in [2.45, 2.75) is 17.1 Å². The highest BCUT2D eigenvalue weighted by Gasteiger charge is 2.23. The molecule has 2 N–H and O–H groups in total. The van der Waals surface area contributed by atoms with Gasteiger partial charge in [-0.05, 0) is 61.0 Å². The Hall–Kier alpha value is -4.40. The largest absolute Gasteiger partial charge is 0.497 e. The molecule has 8 heteroatoms. The van der Waals surface area contributed by atoms with Crippen LogP contribution in [-0.4, -0.2) is 23.9 Å². The van der Waals surface area contributed by atoms with Gasteiger partial charge in [0.25, 0.3) is 5.91 Å². The number of aromatic nitrogens is 1. The minimum atomic E-state index is -0.502. The predicted molar refractivity (Wildman–Crippen MR) is 163 cm³/mol. The molecule has 0 aliphatic heterocycles. The quantitative estimate of drug-likeness (QED) is 0.178. The minimum absolute atomic E-state index is 0.167. The first-order chi connectivity index (χ1) is 19.5. The summed E-state index contributed by atoms with van der Waals surface area (Å²) in [6, 6.07) is 32.2. The van der Waals surface area contributed by atoms with E-state index in [-0.39, 0.29) is 11.8 Å². The van der Waals surface area contributed by atoms with E-state index in [0.717, 1.165) is 33.0 Å². The van der Waals surface area contributed by atoms with Crippen molar-refractivity contribution in [2.75, 3.05) is 17.7 Å². The first-order valence-electron chi connectivity index (χ1n) is 12.6. The summed E-state index contributed by atoms with van der Waals surface area (Å²) in [6.07, 6.45) is 0. The predicted octanol–water partition coefficient (Wildman–Crippen LogP) is 7.85. The van der Waals surface area contributed by atoms with Crippen LogP contribution < -0.4 is 15.4 Å². The number of rotatable bonds is 9. The summed E-state index contributed by atoms with van der Waals surface area (Å²) in [6.45, 7) is 1.98. The highest BCUT2D eigenvalue weighted by Crippen LogP contribution is 2.37. The average molecular weight is 566 g/mol. The van der Waals surface area contributed by atoms with Crippen molar-refractivity contribution in [3.63, 3.8) is 0 Å². The second-order valence-electron chi connectivity index (χ2n) is 9.01. The minimum Gasteiger partial charge on any atom is -0.497 e. The van der Waals surface area contributed by atoms with E-state index in [1.165, 1.54) is 23.1 Å². The van der Waals surface area contributed by atoms with Crippen molar-refractivity contribution in [1.29, 1.82) is 0 Å². The lowest BCUT2D eigenvalue weighted by atomic mass is 10.1. The Bertz CT molecular complexity index is 1600. The molecule has 1 unspecified atom stereocenters. The van der Waals surface area contributed by atoms with Gasteiger partial charge in [0, 0.05) is 27.1 Å². The molecule has 40 heavy (non-hydrogen) atoms. The van der Waals surface area contributed by atoms with Gasteiger partial charge in [-0.3, -0.25) is 9.59 Å². The van der Waals surface area contributed by atoms with Crippen LogP contribution in [0.5, 0.6) is 5.75 Å². The fraction of sp³-hybridized carbons (Fsp3) is 0.0938. The maximum absolute atomic E-state index is 13.5. The number of nitrogens with one attached hydrogen (secondary N) is 2. The zero-order valence-corrected chi connectivity index (χ0v) is 23.6. The Labute approximate surface area is 241 Å². The Morgan fingerprint density at radius 2 is 1.62 bits per heavy atom. The average Bonchev–Trinajstić information content (AvgIpc) is 3.46. The lowest BCUT2D eigenvalue weighted by molar-refractivity contribution is -0.115. The molecule has 0 aliphatic rings. The van der Waals surface area contributed by atoms with Crippen molar-refractivity contribution in [3.05, 3.63) is 125 Å².